The maximum Gasteiger partial charge on any atom is 0.236 e. The molecule has 1 atom stereocenters. The summed E-state index contributed by atoms with van der Waals surface area (Å²) in [7, 11) is 0. The SMILES string of the molecule is NC(CN(C(=O)C1CCCCS1)C1CCCC1)=NO. The Hall–Kier alpha value is -0.910. The molecule has 2 fully saturated rings. The number of rotatable bonds is 4. The fourth-order valence-corrected chi connectivity index (χ4v) is 4.20. The molecule has 1 amide bonds. The van der Waals surface area contributed by atoms with Gasteiger partial charge in [-0.2, -0.15) is 0 Å². The first kappa shape index (κ1) is 14.5. The molecule has 0 spiro atoms. The van der Waals surface area contributed by atoms with Crippen LogP contribution < -0.4 is 5.73 Å². The van der Waals surface area contributed by atoms with E-state index in [4.69, 9.17) is 10.9 Å². The van der Waals surface area contributed by atoms with E-state index in [9.17, 15) is 4.79 Å². The average Bonchev–Trinajstić information content (AvgIpc) is 2.98. The van der Waals surface area contributed by atoms with Crippen molar-refractivity contribution in [2.45, 2.75) is 56.2 Å². The predicted molar refractivity (Wildman–Crippen MR) is 77.5 cm³/mol. The third-order valence-corrected chi connectivity index (χ3v) is 5.33. The van der Waals surface area contributed by atoms with Gasteiger partial charge in [-0.05, 0) is 31.4 Å². The van der Waals surface area contributed by atoms with Crippen molar-refractivity contribution >= 4 is 23.5 Å². The topological polar surface area (TPSA) is 78.9 Å². The van der Waals surface area contributed by atoms with Gasteiger partial charge in [-0.3, -0.25) is 4.79 Å². The second kappa shape index (κ2) is 7.03. The molecule has 0 aromatic heterocycles. The van der Waals surface area contributed by atoms with Crippen LogP contribution in [0.15, 0.2) is 5.16 Å². The summed E-state index contributed by atoms with van der Waals surface area (Å²) < 4.78 is 0. The number of thioether (sulfide) groups is 1. The zero-order valence-electron chi connectivity index (χ0n) is 11.3. The van der Waals surface area contributed by atoms with E-state index in [0.29, 0.717) is 0 Å². The number of hydrogen-bond donors (Lipinski definition) is 2. The smallest absolute Gasteiger partial charge is 0.236 e. The van der Waals surface area contributed by atoms with Crippen LogP contribution in [0.4, 0.5) is 0 Å². The first-order chi connectivity index (χ1) is 9.22. The third kappa shape index (κ3) is 3.78. The molecule has 2 aliphatic rings. The molecule has 1 unspecified atom stereocenters. The number of amidine groups is 1. The van der Waals surface area contributed by atoms with Gasteiger partial charge in [0.25, 0.3) is 0 Å². The average molecular weight is 285 g/mol. The van der Waals surface area contributed by atoms with E-state index in [-0.39, 0.29) is 29.6 Å². The Morgan fingerprint density at radius 3 is 2.53 bits per heavy atom. The van der Waals surface area contributed by atoms with Gasteiger partial charge in [-0.1, -0.05) is 24.4 Å². The maximum atomic E-state index is 12.6. The minimum atomic E-state index is 0.0702. The van der Waals surface area contributed by atoms with Crippen LogP contribution in [0.25, 0.3) is 0 Å². The number of carbonyl (C=O) groups excluding carboxylic acids is 1. The number of carbonyl (C=O) groups is 1. The van der Waals surface area contributed by atoms with Crippen molar-refractivity contribution in [2.24, 2.45) is 10.9 Å². The van der Waals surface area contributed by atoms with Crippen molar-refractivity contribution in [3.8, 4) is 0 Å². The van der Waals surface area contributed by atoms with Gasteiger partial charge in [0.15, 0.2) is 5.84 Å². The summed E-state index contributed by atoms with van der Waals surface area (Å²) in [4.78, 5) is 14.5. The zero-order chi connectivity index (χ0) is 13.7. The number of hydrogen-bond acceptors (Lipinski definition) is 4. The fraction of sp³-hybridized carbons (Fsp3) is 0.846. The first-order valence-corrected chi connectivity index (χ1v) is 8.15. The molecule has 1 heterocycles. The lowest BCUT2D eigenvalue weighted by Crippen LogP contribution is -2.48. The Morgan fingerprint density at radius 2 is 1.95 bits per heavy atom. The van der Waals surface area contributed by atoms with Crippen LogP contribution >= 0.6 is 11.8 Å². The van der Waals surface area contributed by atoms with Gasteiger partial charge in [0, 0.05) is 6.04 Å². The Morgan fingerprint density at radius 1 is 1.26 bits per heavy atom. The molecular weight excluding hydrogens is 262 g/mol. The Balaban J connectivity index is 2.04. The number of amides is 1. The highest BCUT2D eigenvalue weighted by molar-refractivity contribution is 8.00. The highest BCUT2D eigenvalue weighted by Gasteiger charge is 2.32. The van der Waals surface area contributed by atoms with E-state index in [1.165, 1.54) is 19.3 Å². The van der Waals surface area contributed by atoms with Crippen LogP contribution in [-0.4, -0.2) is 45.4 Å². The molecule has 6 heteroatoms. The van der Waals surface area contributed by atoms with E-state index in [2.05, 4.69) is 5.16 Å². The molecule has 2 rings (SSSR count). The van der Waals surface area contributed by atoms with Crippen molar-refractivity contribution in [3.05, 3.63) is 0 Å². The lowest BCUT2D eigenvalue weighted by Gasteiger charge is -2.33. The van der Waals surface area contributed by atoms with Crippen molar-refractivity contribution in [2.75, 3.05) is 12.3 Å². The van der Waals surface area contributed by atoms with Crippen molar-refractivity contribution in [3.63, 3.8) is 0 Å². The summed E-state index contributed by atoms with van der Waals surface area (Å²) in [5.74, 6) is 1.38. The van der Waals surface area contributed by atoms with E-state index < -0.39 is 0 Å². The molecule has 0 bridgehead atoms. The standard InChI is InChI=1S/C13H23N3O2S/c14-12(15-18)9-16(10-5-1-2-6-10)13(17)11-7-3-4-8-19-11/h10-11,18H,1-9H2,(H2,14,15). The Kier molecular flexibility index (Phi) is 5.36. The Labute approximate surface area is 118 Å². The second-order valence-corrected chi connectivity index (χ2v) is 6.66. The van der Waals surface area contributed by atoms with Gasteiger partial charge in [0.2, 0.25) is 5.91 Å². The second-order valence-electron chi connectivity index (χ2n) is 5.35. The highest BCUT2D eigenvalue weighted by Crippen LogP contribution is 2.30. The predicted octanol–water partition coefficient (Wildman–Crippen LogP) is 1.79. The minimum absolute atomic E-state index is 0.0702. The van der Waals surface area contributed by atoms with Gasteiger partial charge in [-0.25, -0.2) is 0 Å². The molecule has 1 saturated carbocycles. The van der Waals surface area contributed by atoms with Crippen LogP contribution in [0.2, 0.25) is 0 Å². The molecule has 1 aliphatic heterocycles. The summed E-state index contributed by atoms with van der Waals surface area (Å²) in [5.41, 5.74) is 5.61. The van der Waals surface area contributed by atoms with Gasteiger partial charge < -0.3 is 15.8 Å². The number of oxime groups is 1. The molecule has 108 valence electrons. The van der Waals surface area contributed by atoms with Gasteiger partial charge in [-0.15, -0.1) is 11.8 Å². The van der Waals surface area contributed by atoms with E-state index >= 15 is 0 Å². The normalized spacial score (nSPS) is 25.5. The zero-order valence-corrected chi connectivity index (χ0v) is 12.1. The maximum absolute atomic E-state index is 12.6. The van der Waals surface area contributed by atoms with Gasteiger partial charge >= 0.3 is 0 Å². The van der Waals surface area contributed by atoms with Crippen LogP contribution in [0, 0.1) is 0 Å². The van der Waals surface area contributed by atoms with E-state index in [1.54, 1.807) is 11.8 Å². The van der Waals surface area contributed by atoms with E-state index in [0.717, 1.165) is 31.4 Å². The highest BCUT2D eigenvalue weighted by atomic mass is 32.2. The molecule has 1 aliphatic carbocycles. The summed E-state index contributed by atoms with van der Waals surface area (Å²) in [6, 6.07) is 0.273. The first-order valence-electron chi connectivity index (χ1n) is 7.11. The molecule has 0 aromatic carbocycles. The largest absolute Gasteiger partial charge is 0.409 e. The number of nitrogens with zero attached hydrogens (tertiary/aromatic N) is 2. The van der Waals surface area contributed by atoms with Crippen LogP contribution in [0.1, 0.15) is 44.9 Å². The summed E-state index contributed by atoms with van der Waals surface area (Å²) >= 11 is 1.76. The van der Waals surface area contributed by atoms with Crippen molar-refractivity contribution in [1.29, 1.82) is 0 Å². The van der Waals surface area contributed by atoms with Crippen molar-refractivity contribution in [1.82, 2.24) is 4.90 Å². The van der Waals surface area contributed by atoms with Crippen molar-refractivity contribution < 1.29 is 10.0 Å². The molecule has 19 heavy (non-hydrogen) atoms. The monoisotopic (exact) mass is 285 g/mol. The number of nitrogens with two attached hydrogens (primary N) is 1. The van der Waals surface area contributed by atoms with Crippen LogP contribution in [0.3, 0.4) is 0 Å². The summed E-state index contributed by atoms with van der Waals surface area (Å²) in [6.07, 6.45) is 7.72. The molecule has 5 nitrogen and oxygen atoms in total. The summed E-state index contributed by atoms with van der Waals surface area (Å²) in [6.45, 7) is 0.261. The molecule has 0 radical (unpaired) electrons. The van der Waals surface area contributed by atoms with Crippen LogP contribution in [-0.2, 0) is 4.79 Å². The lowest BCUT2D eigenvalue weighted by atomic mass is 10.1. The van der Waals surface area contributed by atoms with Crippen LogP contribution in [0.5, 0.6) is 0 Å². The van der Waals surface area contributed by atoms with Gasteiger partial charge in [0.1, 0.15) is 0 Å². The molecule has 0 aromatic rings. The fourth-order valence-electron chi connectivity index (χ4n) is 2.93. The minimum Gasteiger partial charge on any atom is -0.409 e. The molecular formula is C13H23N3O2S. The van der Waals surface area contributed by atoms with Gasteiger partial charge in [0.05, 0.1) is 11.8 Å². The third-order valence-electron chi connectivity index (χ3n) is 3.96. The Bertz CT molecular complexity index is 337. The van der Waals surface area contributed by atoms with E-state index in [1.807, 2.05) is 4.90 Å². The quantitative estimate of drug-likeness (QED) is 0.357. The lowest BCUT2D eigenvalue weighted by molar-refractivity contribution is -0.132. The summed E-state index contributed by atoms with van der Waals surface area (Å²) in [5, 5.41) is 11.8. The molecule has 3 N–H and O–H groups in total. The molecule has 1 saturated heterocycles.